The predicted molar refractivity (Wildman–Crippen MR) is 133 cm³/mol. The van der Waals surface area contributed by atoms with Crippen molar-refractivity contribution in [2.75, 3.05) is 18.1 Å². The Hall–Kier alpha value is -4.26. The average Bonchev–Trinajstić information content (AvgIpc) is 3.29. The van der Waals surface area contributed by atoms with Crippen LogP contribution < -0.4 is 4.90 Å². The van der Waals surface area contributed by atoms with Gasteiger partial charge in [0.2, 0.25) is 5.91 Å². The molecule has 0 saturated carbocycles. The number of rotatable bonds is 8. The number of esters is 1. The van der Waals surface area contributed by atoms with E-state index in [-0.39, 0.29) is 43.7 Å². The molecule has 182 valence electrons. The maximum Gasteiger partial charge on any atom is 0.326 e. The van der Waals surface area contributed by atoms with Crippen molar-refractivity contribution >= 4 is 29.4 Å². The van der Waals surface area contributed by atoms with Crippen LogP contribution in [0.5, 0.6) is 0 Å². The Labute approximate surface area is 209 Å². The minimum atomic E-state index is -1.54. The van der Waals surface area contributed by atoms with Crippen LogP contribution in [0.15, 0.2) is 78.9 Å². The second-order valence-corrected chi connectivity index (χ2v) is 8.93. The number of fused-ring (bicyclic) bond motifs is 2. The van der Waals surface area contributed by atoms with Crippen LogP contribution in [0.2, 0.25) is 0 Å². The summed E-state index contributed by atoms with van der Waals surface area (Å²) >= 11 is 0. The minimum Gasteiger partial charge on any atom is -0.465 e. The van der Waals surface area contributed by atoms with E-state index in [4.69, 9.17) is 4.74 Å². The molecule has 2 aliphatic heterocycles. The lowest BCUT2D eigenvalue weighted by Gasteiger charge is -2.27. The fourth-order valence-corrected chi connectivity index (χ4v) is 5.19. The molecule has 1 unspecified atom stereocenters. The van der Waals surface area contributed by atoms with Crippen molar-refractivity contribution < 1.29 is 23.9 Å². The molecule has 2 heterocycles. The van der Waals surface area contributed by atoms with Gasteiger partial charge in [0.1, 0.15) is 0 Å². The molecule has 3 amide bonds. The highest BCUT2D eigenvalue weighted by Gasteiger charge is 2.57. The number of hydrogen-bond donors (Lipinski definition) is 0. The third kappa shape index (κ3) is 3.68. The van der Waals surface area contributed by atoms with Gasteiger partial charge in [-0.15, -0.1) is 0 Å². The molecule has 5 rings (SSSR count). The third-order valence-corrected chi connectivity index (χ3v) is 6.88. The van der Waals surface area contributed by atoms with Crippen molar-refractivity contribution in [2.24, 2.45) is 0 Å². The Morgan fingerprint density at radius 1 is 0.806 bits per heavy atom. The topological polar surface area (TPSA) is 84.0 Å². The number of hydrogen-bond acceptors (Lipinski definition) is 5. The van der Waals surface area contributed by atoms with Gasteiger partial charge in [0, 0.05) is 17.8 Å². The Bertz CT molecular complexity index is 1320. The maximum atomic E-state index is 14.0. The molecule has 0 saturated heterocycles. The van der Waals surface area contributed by atoms with Crippen LogP contribution in [0, 0.1) is 0 Å². The van der Waals surface area contributed by atoms with E-state index in [0.717, 1.165) is 5.56 Å². The minimum absolute atomic E-state index is 0.0988. The molecular weight excluding hydrogens is 456 g/mol. The zero-order chi connectivity index (χ0) is 25.3. The Balaban J connectivity index is 1.44. The molecule has 3 aromatic rings. The van der Waals surface area contributed by atoms with Gasteiger partial charge in [-0.2, -0.15) is 0 Å². The molecule has 0 radical (unpaired) electrons. The summed E-state index contributed by atoms with van der Waals surface area (Å²) in [4.78, 5) is 55.9. The molecule has 36 heavy (non-hydrogen) atoms. The first-order valence-corrected chi connectivity index (χ1v) is 12.1. The molecule has 3 aromatic carbocycles. The van der Waals surface area contributed by atoms with E-state index in [1.165, 1.54) is 4.90 Å². The van der Waals surface area contributed by atoms with Gasteiger partial charge >= 0.3 is 5.97 Å². The number of carbonyl (C=O) groups is 4. The molecular formula is C29H26N2O5. The normalized spacial score (nSPS) is 18.4. The third-order valence-electron chi connectivity index (χ3n) is 6.88. The highest BCUT2D eigenvalue weighted by Crippen LogP contribution is 2.46. The Morgan fingerprint density at radius 2 is 1.42 bits per heavy atom. The van der Waals surface area contributed by atoms with Crippen molar-refractivity contribution in [3.05, 3.63) is 101 Å². The summed E-state index contributed by atoms with van der Waals surface area (Å²) in [6.45, 7) is 2.25. The molecule has 2 aliphatic rings. The van der Waals surface area contributed by atoms with Crippen LogP contribution >= 0.6 is 0 Å². The number of amides is 3. The number of imide groups is 1. The van der Waals surface area contributed by atoms with Gasteiger partial charge < -0.3 is 9.64 Å². The van der Waals surface area contributed by atoms with Crippen LogP contribution in [-0.2, 0) is 26.3 Å². The molecule has 0 fully saturated rings. The predicted octanol–water partition coefficient (Wildman–Crippen LogP) is 4.11. The lowest BCUT2D eigenvalue weighted by atomic mass is 9.77. The summed E-state index contributed by atoms with van der Waals surface area (Å²) in [6, 6.07) is 23.6. The largest absolute Gasteiger partial charge is 0.465 e. The highest BCUT2D eigenvalue weighted by atomic mass is 16.5. The second kappa shape index (κ2) is 9.41. The van der Waals surface area contributed by atoms with E-state index < -0.39 is 11.4 Å². The van der Waals surface area contributed by atoms with E-state index in [1.54, 1.807) is 48.2 Å². The second-order valence-electron chi connectivity index (χ2n) is 8.93. The van der Waals surface area contributed by atoms with Crippen LogP contribution in [0.3, 0.4) is 0 Å². The monoisotopic (exact) mass is 482 g/mol. The molecule has 0 aromatic heterocycles. The van der Waals surface area contributed by atoms with E-state index in [2.05, 4.69) is 0 Å². The number of anilines is 1. The van der Waals surface area contributed by atoms with Gasteiger partial charge in [-0.05, 0) is 43.5 Å². The lowest BCUT2D eigenvalue weighted by molar-refractivity contribution is -0.154. The number of carbonyl (C=O) groups excluding carboxylic acids is 4. The summed E-state index contributed by atoms with van der Waals surface area (Å²) in [5.74, 6) is -1.68. The summed E-state index contributed by atoms with van der Waals surface area (Å²) < 4.78 is 5.44. The van der Waals surface area contributed by atoms with Crippen LogP contribution in [0.1, 0.15) is 51.6 Å². The van der Waals surface area contributed by atoms with E-state index in [9.17, 15) is 19.2 Å². The molecule has 7 heteroatoms. The molecule has 0 N–H and O–H groups in total. The fraction of sp³-hybridized carbons (Fsp3) is 0.241. The summed E-state index contributed by atoms with van der Waals surface area (Å²) in [7, 11) is 0. The first kappa shape index (κ1) is 23.5. The van der Waals surface area contributed by atoms with Crippen LogP contribution in [0.25, 0.3) is 0 Å². The number of para-hydroxylation sites is 1. The molecule has 7 nitrogen and oxygen atoms in total. The van der Waals surface area contributed by atoms with Gasteiger partial charge in [-0.25, -0.2) is 0 Å². The number of ether oxygens (including phenoxy) is 1. The van der Waals surface area contributed by atoms with Crippen molar-refractivity contribution in [1.82, 2.24) is 4.90 Å². The van der Waals surface area contributed by atoms with Crippen molar-refractivity contribution in [3.63, 3.8) is 0 Å². The Kier molecular flexibility index (Phi) is 6.14. The zero-order valence-electron chi connectivity index (χ0n) is 20.0. The maximum absolute atomic E-state index is 14.0. The van der Waals surface area contributed by atoms with E-state index in [0.29, 0.717) is 28.9 Å². The van der Waals surface area contributed by atoms with Crippen molar-refractivity contribution in [3.8, 4) is 0 Å². The van der Waals surface area contributed by atoms with E-state index in [1.807, 2.05) is 42.5 Å². The quantitative estimate of drug-likeness (QED) is 0.274. The smallest absolute Gasteiger partial charge is 0.326 e. The van der Waals surface area contributed by atoms with Gasteiger partial charge in [0.05, 0.1) is 24.3 Å². The average molecular weight is 483 g/mol. The van der Waals surface area contributed by atoms with Gasteiger partial charge in [0.25, 0.3) is 11.8 Å². The van der Waals surface area contributed by atoms with E-state index >= 15 is 0 Å². The van der Waals surface area contributed by atoms with Gasteiger partial charge in [-0.1, -0.05) is 60.7 Å². The lowest BCUT2D eigenvalue weighted by Crippen LogP contribution is -2.47. The zero-order valence-corrected chi connectivity index (χ0v) is 20.0. The summed E-state index contributed by atoms with van der Waals surface area (Å²) in [6.07, 6.45) is 0.379. The molecule has 0 spiro atoms. The van der Waals surface area contributed by atoms with Crippen LogP contribution in [0.4, 0.5) is 5.69 Å². The first-order valence-electron chi connectivity index (χ1n) is 12.1. The van der Waals surface area contributed by atoms with Gasteiger partial charge in [0.15, 0.2) is 5.41 Å². The highest BCUT2D eigenvalue weighted by molar-refractivity contribution is 6.22. The SMILES string of the molecule is CCOC(=O)C1(CCCN2C(=O)c3ccccc3C2=O)C(=O)N(Cc2ccccc2)c2ccccc21. The first-order chi connectivity index (χ1) is 17.5. The number of benzene rings is 3. The van der Waals surface area contributed by atoms with Crippen molar-refractivity contribution in [2.45, 2.75) is 31.7 Å². The summed E-state index contributed by atoms with van der Waals surface area (Å²) in [5, 5.41) is 0. The molecule has 0 aliphatic carbocycles. The molecule has 1 atom stereocenters. The fourth-order valence-electron chi connectivity index (χ4n) is 5.19. The van der Waals surface area contributed by atoms with Crippen LogP contribution in [-0.4, -0.2) is 41.7 Å². The standard InChI is InChI=1S/C29H26N2O5/c1-2-36-28(35)29(17-10-18-30-25(32)21-13-6-7-14-22(21)26(30)33)23-15-8-9-16-24(23)31(27(29)34)19-20-11-4-3-5-12-20/h3-9,11-16H,2,10,17-19H2,1H3. The number of nitrogens with zero attached hydrogens (tertiary/aromatic N) is 2. The van der Waals surface area contributed by atoms with Gasteiger partial charge in [-0.3, -0.25) is 24.1 Å². The molecule has 0 bridgehead atoms. The van der Waals surface area contributed by atoms with Crippen molar-refractivity contribution in [1.29, 1.82) is 0 Å². The Morgan fingerprint density at radius 3 is 2.08 bits per heavy atom. The summed E-state index contributed by atoms with van der Waals surface area (Å²) in [5.41, 5.74) is 1.40.